The van der Waals surface area contributed by atoms with Crippen LogP contribution in [0.2, 0.25) is 0 Å². The molecule has 5 heteroatoms. The third-order valence-corrected chi connectivity index (χ3v) is 3.48. The molecule has 1 aliphatic heterocycles. The molecule has 1 N–H and O–H groups in total. The molecule has 17 heavy (non-hydrogen) atoms. The Kier molecular flexibility index (Phi) is 4.15. The van der Waals surface area contributed by atoms with E-state index >= 15 is 0 Å². The summed E-state index contributed by atoms with van der Waals surface area (Å²) >= 11 is 3.49. The Morgan fingerprint density at radius 1 is 1.53 bits per heavy atom. The summed E-state index contributed by atoms with van der Waals surface area (Å²) in [5.41, 5.74) is 1.07. The number of halogens is 1. The van der Waals surface area contributed by atoms with Crippen molar-refractivity contribution in [2.45, 2.75) is 6.10 Å². The van der Waals surface area contributed by atoms with Crippen molar-refractivity contribution in [3.05, 3.63) is 34.3 Å². The van der Waals surface area contributed by atoms with Gasteiger partial charge in [-0.25, -0.2) is 0 Å². The van der Waals surface area contributed by atoms with Crippen LogP contribution in [-0.2, 0) is 9.53 Å². The number of carbonyl (C=O) groups is 1. The Balaban J connectivity index is 2.07. The van der Waals surface area contributed by atoms with Crippen molar-refractivity contribution < 1.29 is 14.6 Å². The fourth-order valence-corrected chi connectivity index (χ4v) is 2.50. The number of morpholine rings is 1. The van der Waals surface area contributed by atoms with Gasteiger partial charge < -0.3 is 9.84 Å². The van der Waals surface area contributed by atoms with Gasteiger partial charge in [0.1, 0.15) is 0 Å². The maximum Gasteiger partial charge on any atom is 0.317 e. The van der Waals surface area contributed by atoms with Crippen LogP contribution in [0.25, 0.3) is 0 Å². The molecule has 0 unspecified atom stereocenters. The maximum atomic E-state index is 10.7. The molecular formula is C12H14BrNO3. The summed E-state index contributed by atoms with van der Waals surface area (Å²) in [4.78, 5) is 12.6. The lowest BCUT2D eigenvalue weighted by molar-refractivity contribution is -0.140. The molecule has 0 spiro atoms. The average molecular weight is 300 g/mol. The van der Waals surface area contributed by atoms with E-state index in [1.54, 1.807) is 0 Å². The summed E-state index contributed by atoms with van der Waals surface area (Å²) in [6.45, 7) is 1.94. The molecule has 4 nitrogen and oxygen atoms in total. The largest absolute Gasteiger partial charge is 0.480 e. The third kappa shape index (κ3) is 3.28. The summed E-state index contributed by atoms with van der Waals surface area (Å²) in [6, 6.07) is 7.87. The van der Waals surface area contributed by atoms with Gasteiger partial charge in [-0.2, -0.15) is 0 Å². The lowest BCUT2D eigenvalue weighted by Gasteiger charge is -2.32. The van der Waals surface area contributed by atoms with Crippen LogP contribution in [0.3, 0.4) is 0 Å². The van der Waals surface area contributed by atoms with Crippen molar-refractivity contribution in [2.75, 3.05) is 26.2 Å². The Labute approximate surface area is 108 Å². The number of benzene rings is 1. The molecular weight excluding hydrogens is 286 g/mol. The molecule has 0 amide bonds. The molecule has 0 aromatic heterocycles. The van der Waals surface area contributed by atoms with Crippen molar-refractivity contribution in [1.29, 1.82) is 0 Å². The second kappa shape index (κ2) is 5.62. The minimum absolute atomic E-state index is 0.0568. The van der Waals surface area contributed by atoms with Crippen LogP contribution < -0.4 is 0 Å². The minimum atomic E-state index is -0.794. The van der Waals surface area contributed by atoms with E-state index in [0.29, 0.717) is 19.7 Å². The highest BCUT2D eigenvalue weighted by Gasteiger charge is 2.24. The first-order valence-electron chi connectivity index (χ1n) is 5.47. The first-order valence-corrected chi connectivity index (χ1v) is 6.26. The van der Waals surface area contributed by atoms with E-state index in [-0.39, 0.29) is 12.6 Å². The zero-order valence-electron chi connectivity index (χ0n) is 9.30. The van der Waals surface area contributed by atoms with E-state index in [2.05, 4.69) is 15.9 Å². The van der Waals surface area contributed by atoms with Gasteiger partial charge in [-0.1, -0.05) is 34.1 Å². The van der Waals surface area contributed by atoms with Gasteiger partial charge >= 0.3 is 5.97 Å². The number of aliphatic carboxylic acids is 1. The van der Waals surface area contributed by atoms with Gasteiger partial charge in [-0.05, 0) is 11.6 Å². The third-order valence-electron chi connectivity index (χ3n) is 2.76. The Hall–Kier alpha value is -0.910. The van der Waals surface area contributed by atoms with E-state index in [1.165, 1.54) is 0 Å². The predicted molar refractivity (Wildman–Crippen MR) is 66.9 cm³/mol. The molecule has 0 radical (unpaired) electrons. The van der Waals surface area contributed by atoms with Gasteiger partial charge in [0.05, 0.1) is 19.3 Å². The zero-order valence-corrected chi connectivity index (χ0v) is 10.9. The summed E-state index contributed by atoms with van der Waals surface area (Å²) in [5.74, 6) is -0.794. The fraction of sp³-hybridized carbons (Fsp3) is 0.417. The Morgan fingerprint density at radius 2 is 2.29 bits per heavy atom. The van der Waals surface area contributed by atoms with Crippen LogP contribution in [0.1, 0.15) is 11.7 Å². The summed E-state index contributed by atoms with van der Waals surface area (Å²) in [5, 5.41) is 8.79. The molecule has 1 fully saturated rings. The predicted octanol–water partition coefficient (Wildman–Crippen LogP) is 1.91. The van der Waals surface area contributed by atoms with Gasteiger partial charge in [0.15, 0.2) is 0 Å². The smallest absolute Gasteiger partial charge is 0.317 e. The van der Waals surface area contributed by atoms with Gasteiger partial charge in [-0.15, -0.1) is 0 Å². The monoisotopic (exact) mass is 299 g/mol. The van der Waals surface area contributed by atoms with Gasteiger partial charge in [0.25, 0.3) is 0 Å². The number of carboxylic acid groups (broad SMARTS) is 1. The van der Waals surface area contributed by atoms with Crippen LogP contribution in [0.15, 0.2) is 28.7 Å². The molecule has 1 aromatic rings. The van der Waals surface area contributed by atoms with Crippen molar-refractivity contribution in [1.82, 2.24) is 4.90 Å². The highest BCUT2D eigenvalue weighted by atomic mass is 79.9. The summed E-state index contributed by atoms with van der Waals surface area (Å²) < 4.78 is 6.69. The highest BCUT2D eigenvalue weighted by molar-refractivity contribution is 9.10. The highest BCUT2D eigenvalue weighted by Crippen LogP contribution is 2.28. The molecule has 1 atom stereocenters. The van der Waals surface area contributed by atoms with Crippen LogP contribution in [0, 0.1) is 0 Å². The van der Waals surface area contributed by atoms with Crippen molar-refractivity contribution >= 4 is 21.9 Å². The lowest BCUT2D eigenvalue weighted by atomic mass is 10.1. The lowest BCUT2D eigenvalue weighted by Crippen LogP contribution is -2.41. The van der Waals surface area contributed by atoms with E-state index in [9.17, 15) is 4.79 Å². The fourth-order valence-electron chi connectivity index (χ4n) is 1.96. The molecule has 0 aliphatic carbocycles. The van der Waals surface area contributed by atoms with Gasteiger partial charge in [0.2, 0.25) is 0 Å². The molecule has 2 rings (SSSR count). The second-order valence-corrected chi connectivity index (χ2v) is 4.86. The molecule has 1 heterocycles. The Morgan fingerprint density at radius 3 is 3.00 bits per heavy atom. The van der Waals surface area contributed by atoms with Crippen LogP contribution in [0.4, 0.5) is 0 Å². The number of rotatable bonds is 3. The normalized spacial score (nSPS) is 21.4. The van der Waals surface area contributed by atoms with E-state index in [1.807, 2.05) is 29.2 Å². The molecule has 0 saturated carbocycles. The van der Waals surface area contributed by atoms with E-state index < -0.39 is 5.97 Å². The Bertz CT molecular complexity index is 410. The van der Waals surface area contributed by atoms with Crippen molar-refractivity contribution in [2.24, 2.45) is 0 Å². The number of ether oxygens (including phenoxy) is 1. The number of carboxylic acids is 1. The molecule has 1 aliphatic rings. The number of hydrogen-bond acceptors (Lipinski definition) is 3. The zero-order chi connectivity index (χ0) is 12.3. The van der Waals surface area contributed by atoms with Gasteiger partial charge in [-0.3, -0.25) is 9.69 Å². The topological polar surface area (TPSA) is 49.8 Å². The average Bonchev–Trinajstić information content (AvgIpc) is 2.29. The molecule has 92 valence electrons. The standard InChI is InChI=1S/C12H14BrNO3/c13-10-4-2-1-3-9(10)11-7-14(5-6-17-11)8-12(15)16/h1-4,11H,5-8H2,(H,15,16)/t11-/m1/s1. The van der Waals surface area contributed by atoms with Gasteiger partial charge in [0, 0.05) is 17.6 Å². The first-order chi connectivity index (χ1) is 8.16. The van der Waals surface area contributed by atoms with E-state index in [0.717, 1.165) is 10.0 Å². The van der Waals surface area contributed by atoms with Crippen molar-refractivity contribution in [3.63, 3.8) is 0 Å². The van der Waals surface area contributed by atoms with Crippen molar-refractivity contribution in [3.8, 4) is 0 Å². The summed E-state index contributed by atoms with van der Waals surface area (Å²) in [7, 11) is 0. The number of nitrogens with zero attached hydrogens (tertiary/aromatic N) is 1. The molecule has 1 saturated heterocycles. The van der Waals surface area contributed by atoms with Crippen LogP contribution >= 0.6 is 15.9 Å². The quantitative estimate of drug-likeness (QED) is 0.926. The molecule has 0 bridgehead atoms. The maximum absolute atomic E-state index is 10.7. The SMILES string of the molecule is O=C(O)CN1CCO[C@@H](c2ccccc2Br)C1. The van der Waals surface area contributed by atoms with E-state index in [4.69, 9.17) is 9.84 Å². The number of hydrogen-bond donors (Lipinski definition) is 1. The van der Waals surface area contributed by atoms with Crippen LogP contribution in [0.5, 0.6) is 0 Å². The molecule has 1 aromatic carbocycles. The second-order valence-electron chi connectivity index (χ2n) is 4.01. The van der Waals surface area contributed by atoms with Crippen LogP contribution in [-0.4, -0.2) is 42.2 Å². The first kappa shape index (κ1) is 12.5. The minimum Gasteiger partial charge on any atom is -0.480 e. The summed E-state index contributed by atoms with van der Waals surface area (Å²) in [6.07, 6.45) is -0.0568.